The van der Waals surface area contributed by atoms with Gasteiger partial charge < -0.3 is 20.3 Å². The summed E-state index contributed by atoms with van der Waals surface area (Å²) < 4.78 is 5.86. The summed E-state index contributed by atoms with van der Waals surface area (Å²) in [7, 11) is 0. The number of nitrogens with one attached hydrogen (secondary N) is 2. The first-order chi connectivity index (χ1) is 16.0. The molecular weight excluding hydrogens is 410 g/mol. The standard InChI is InChI=1S/C28H39N3O2/c1-28(2)21-25(16-19-33-28)29-23-14-17-31(18-15-23)26-12-7-11-24(20-26)30-27(32)13-6-10-22-8-4-3-5-9-22/h3-5,7-9,11-12,20,23,25,29H,6,10,13-19,21H2,1-2H3,(H,30,32). The van der Waals surface area contributed by atoms with Gasteiger partial charge in [-0.05, 0) is 76.1 Å². The van der Waals surface area contributed by atoms with E-state index in [0.29, 0.717) is 18.5 Å². The molecule has 0 aliphatic carbocycles. The molecule has 2 aliphatic rings. The SMILES string of the molecule is CC1(C)CC(NC2CCN(c3cccc(NC(=O)CCCc4ccccc4)c3)CC2)CCO1. The van der Waals surface area contributed by atoms with Crippen molar-refractivity contribution < 1.29 is 9.53 Å². The summed E-state index contributed by atoms with van der Waals surface area (Å²) in [5, 5.41) is 6.98. The van der Waals surface area contributed by atoms with Gasteiger partial charge in [-0.25, -0.2) is 0 Å². The molecule has 0 aromatic heterocycles. The van der Waals surface area contributed by atoms with Crippen molar-refractivity contribution in [3.05, 3.63) is 60.2 Å². The van der Waals surface area contributed by atoms with Crippen molar-refractivity contribution in [2.45, 2.75) is 76.5 Å². The van der Waals surface area contributed by atoms with E-state index in [0.717, 1.165) is 63.9 Å². The smallest absolute Gasteiger partial charge is 0.224 e. The maximum atomic E-state index is 12.4. The van der Waals surface area contributed by atoms with E-state index in [2.05, 4.69) is 53.6 Å². The van der Waals surface area contributed by atoms with Gasteiger partial charge in [0.2, 0.25) is 5.91 Å². The summed E-state index contributed by atoms with van der Waals surface area (Å²) in [6, 6.07) is 19.8. The molecule has 0 bridgehead atoms. The highest BCUT2D eigenvalue weighted by Gasteiger charge is 2.30. The van der Waals surface area contributed by atoms with Crippen LogP contribution in [0.3, 0.4) is 0 Å². The number of rotatable bonds is 8. The molecule has 5 heteroatoms. The van der Waals surface area contributed by atoms with Crippen molar-refractivity contribution in [1.29, 1.82) is 0 Å². The Morgan fingerprint density at radius 1 is 1.03 bits per heavy atom. The predicted molar refractivity (Wildman–Crippen MR) is 136 cm³/mol. The maximum absolute atomic E-state index is 12.4. The Balaban J connectivity index is 1.21. The normalized spacial score (nSPS) is 21.0. The number of benzene rings is 2. The molecule has 2 aromatic carbocycles. The van der Waals surface area contributed by atoms with Crippen LogP contribution in [0.15, 0.2) is 54.6 Å². The zero-order valence-electron chi connectivity index (χ0n) is 20.2. The Bertz CT molecular complexity index is 891. The molecule has 5 nitrogen and oxygen atoms in total. The fourth-order valence-corrected chi connectivity index (χ4v) is 5.11. The summed E-state index contributed by atoms with van der Waals surface area (Å²) in [4.78, 5) is 14.9. The van der Waals surface area contributed by atoms with Gasteiger partial charge in [-0.3, -0.25) is 4.79 Å². The lowest BCUT2D eigenvalue weighted by molar-refractivity contribution is -0.116. The van der Waals surface area contributed by atoms with Crippen LogP contribution in [0, 0.1) is 0 Å². The third-order valence-electron chi connectivity index (χ3n) is 6.87. The van der Waals surface area contributed by atoms with E-state index >= 15 is 0 Å². The zero-order chi connectivity index (χ0) is 23.1. The van der Waals surface area contributed by atoms with Gasteiger partial charge in [0, 0.05) is 49.6 Å². The first-order valence-corrected chi connectivity index (χ1v) is 12.6. The number of carbonyl (C=O) groups excluding carboxylic acids is 1. The number of amides is 1. The molecule has 178 valence electrons. The molecule has 2 aliphatic heterocycles. The van der Waals surface area contributed by atoms with Gasteiger partial charge in [-0.2, -0.15) is 0 Å². The van der Waals surface area contributed by atoms with Gasteiger partial charge >= 0.3 is 0 Å². The van der Waals surface area contributed by atoms with Crippen LogP contribution in [0.5, 0.6) is 0 Å². The topological polar surface area (TPSA) is 53.6 Å². The van der Waals surface area contributed by atoms with Crippen LogP contribution >= 0.6 is 0 Å². The van der Waals surface area contributed by atoms with Crippen molar-refractivity contribution in [3.63, 3.8) is 0 Å². The number of hydrogen-bond acceptors (Lipinski definition) is 4. The summed E-state index contributed by atoms with van der Waals surface area (Å²) in [5.41, 5.74) is 3.36. The fourth-order valence-electron chi connectivity index (χ4n) is 5.11. The van der Waals surface area contributed by atoms with E-state index < -0.39 is 0 Å². The van der Waals surface area contributed by atoms with Gasteiger partial charge in [0.05, 0.1) is 5.60 Å². The first kappa shape index (κ1) is 23.8. The minimum atomic E-state index is -0.0109. The fraction of sp³-hybridized carbons (Fsp3) is 0.536. The molecular formula is C28H39N3O2. The number of aryl methyl sites for hydroxylation is 1. The summed E-state index contributed by atoms with van der Waals surface area (Å²) in [6.45, 7) is 7.32. The van der Waals surface area contributed by atoms with Crippen LogP contribution in [0.1, 0.15) is 57.9 Å². The van der Waals surface area contributed by atoms with Gasteiger partial charge in [0.15, 0.2) is 0 Å². The van der Waals surface area contributed by atoms with Gasteiger partial charge in [0.1, 0.15) is 0 Å². The Hall–Kier alpha value is -2.37. The summed E-state index contributed by atoms with van der Waals surface area (Å²) >= 11 is 0. The average molecular weight is 450 g/mol. The van der Waals surface area contributed by atoms with Crippen LogP contribution in [-0.4, -0.2) is 43.3 Å². The lowest BCUT2D eigenvalue weighted by Crippen LogP contribution is -2.50. The molecule has 0 spiro atoms. The van der Waals surface area contributed by atoms with Crippen LogP contribution in [0.25, 0.3) is 0 Å². The Labute approximate surface area is 198 Å². The Morgan fingerprint density at radius 2 is 1.82 bits per heavy atom. The van der Waals surface area contributed by atoms with Gasteiger partial charge in [-0.1, -0.05) is 36.4 Å². The molecule has 4 rings (SSSR count). The van der Waals surface area contributed by atoms with Crippen molar-refractivity contribution in [2.75, 3.05) is 29.9 Å². The third-order valence-corrected chi connectivity index (χ3v) is 6.87. The second-order valence-corrected chi connectivity index (χ2v) is 10.2. The molecule has 1 amide bonds. The predicted octanol–water partition coefficient (Wildman–Crippen LogP) is 5.16. The second-order valence-electron chi connectivity index (χ2n) is 10.2. The highest BCUT2D eigenvalue weighted by atomic mass is 16.5. The molecule has 0 saturated carbocycles. The largest absolute Gasteiger partial charge is 0.375 e. The van der Waals surface area contributed by atoms with E-state index in [-0.39, 0.29) is 11.5 Å². The van der Waals surface area contributed by atoms with Crippen molar-refractivity contribution in [2.24, 2.45) is 0 Å². The lowest BCUT2D eigenvalue weighted by Gasteiger charge is -2.40. The van der Waals surface area contributed by atoms with Gasteiger partial charge in [-0.15, -0.1) is 0 Å². The van der Waals surface area contributed by atoms with Crippen molar-refractivity contribution >= 4 is 17.3 Å². The van der Waals surface area contributed by atoms with E-state index in [1.54, 1.807) is 0 Å². The van der Waals surface area contributed by atoms with E-state index in [1.165, 1.54) is 11.3 Å². The molecule has 2 saturated heterocycles. The number of nitrogens with zero attached hydrogens (tertiary/aromatic N) is 1. The molecule has 2 fully saturated rings. The minimum Gasteiger partial charge on any atom is -0.375 e. The van der Waals surface area contributed by atoms with E-state index in [4.69, 9.17) is 4.74 Å². The van der Waals surface area contributed by atoms with Gasteiger partial charge in [0.25, 0.3) is 0 Å². The third kappa shape index (κ3) is 7.31. The Morgan fingerprint density at radius 3 is 2.58 bits per heavy atom. The lowest BCUT2D eigenvalue weighted by atomic mass is 9.92. The highest BCUT2D eigenvalue weighted by molar-refractivity contribution is 5.91. The van der Waals surface area contributed by atoms with E-state index in [1.807, 2.05) is 30.3 Å². The molecule has 1 unspecified atom stereocenters. The minimum absolute atomic E-state index is 0.0109. The molecule has 0 radical (unpaired) electrons. The number of piperidine rings is 1. The number of ether oxygens (including phenoxy) is 1. The number of anilines is 2. The maximum Gasteiger partial charge on any atom is 0.224 e. The second kappa shape index (κ2) is 11.2. The molecule has 2 N–H and O–H groups in total. The summed E-state index contributed by atoms with van der Waals surface area (Å²) in [5.74, 6) is 0.0883. The van der Waals surface area contributed by atoms with Crippen LogP contribution in [0.2, 0.25) is 0 Å². The van der Waals surface area contributed by atoms with Crippen molar-refractivity contribution in [1.82, 2.24) is 5.32 Å². The van der Waals surface area contributed by atoms with Crippen LogP contribution in [0.4, 0.5) is 11.4 Å². The summed E-state index contributed by atoms with van der Waals surface area (Å²) in [6.07, 6.45) is 6.82. The number of hydrogen-bond donors (Lipinski definition) is 2. The first-order valence-electron chi connectivity index (χ1n) is 12.6. The zero-order valence-corrected chi connectivity index (χ0v) is 20.2. The van der Waals surface area contributed by atoms with E-state index in [9.17, 15) is 4.79 Å². The number of carbonyl (C=O) groups is 1. The quantitative estimate of drug-likeness (QED) is 0.584. The van der Waals surface area contributed by atoms with Crippen LogP contribution < -0.4 is 15.5 Å². The van der Waals surface area contributed by atoms with Crippen molar-refractivity contribution in [3.8, 4) is 0 Å². The Kier molecular flexibility index (Phi) is 8.05. The highest BCUT2D eigenvalue weighted by Crippen LogP contribution is 2.27. The monoisotopic (exact) mass is 449 g/mol. The molecule has 1 atom stereocenters. The molecule has 2 aromatic rings. The van der Waals surface area contributed by atoms with Crippen LogP contribution in [-0.2, 0) is 16.0 Å². The average Bonchev–Trinajstić information content (AvgIpc) is 2.80. The molecule has 33 heavy (non-hydrogen) atoms. The molecule has 2 heterocycles.